The summed E-state index contributed by atoms with van der Waals surface area (Å²) < 4.78 is 18.1. The number of hydrogen-bond acceptors (Lipinski definition) is 2. The first-order chi connectivity index (χ1) is 9.67. The van der Waals surface area contributed by atoms with Crippen LogP contribution in [0.25, 0.3) is 0 Å². The molecule has 4 heteroatoms. The molecule has 0 unspecified atom stereocenters. The normalized spacial score (nSPS) is 9.60. The molecule has 0 aliphatic heterocycles. The minimum atomic E-state index is -0.412. The Balaban J connectivity index is 1.91. The Morgan fingerprint density at radius 2 is 2.05 bits per heavy atom. The Morgan fingerprint density at radius 3 is 2.80 bits per heavy atom. The number of carbonyl (C=O) groups excluding carboxylic acids is 1. The summed E-state index contributed by atoms with van der Waals surface area (Å²) in [7, 11) is 0. The maximum Gasteiger partial charge on any atom is 0.262 e. The van der Waals surface area contributed by atoms with Crippen molar-refractivity contribution in [3.63, 3.8) is 0 Å². The molecule has 0 saturated carbocycles. The molecule has 1 amide bonds. The highest BCUT2D eigenvalue weighted by molar-refractivity contribution is 5.92. The van der Waals surface area contributed by atoms with E-state index in [0.717, 1.165) is 0 Å². The maximum absolute atomic E-state index is 12.9. The number of hydrogen-bond donors (Lipinski definition) is 1. The van der Waals surface area contributed by atoms with Gasteiger partial charge in [-0.2, -0.15) is 0 Å². The molecule has 20 heavy (non-hydrogen) atoms. The maximum atomic E-state index is 12.9. The lowest BCUT2D eigenvalue weighted by Gasteiger charge is -2.07. The van der Waals surface area contributed by atoms with E-state index in [1.807, 2.05) is 0 Å². The van der Waals surface area contributed by atoms with Gasteiger partial charge in [-0.15, -0.1) is 6.42 Å². The number of halogens is 1. The molecule has 3 nitrogen and oxygen atoms in total. The van der Waals surface area contributed by atoms with Gasteiger partial charge in [0, 0.05) is 17.3 Å². The highest BCUT2D eigenvalue weighted by Gasteiger charge is 2.04. The van der Waals surface area contributed by atoms with Crippen molar-refractivity contribution in [1.29, 1.82) is 0 Å². The molecule has 0 aliphatic rings. The van der Waals surface area contributed by atoms with Crippen LogP contribution in [0.1, 0.15) is 5.56 Å². The molecule has 0 aromatic heterocycles. The summed E-state index contributed by atoms with van der Waals surface area (Å²) in [5, 5.41) is 2.65. The Hall–Kier alpha value is -2.80. The average molecular weight is 269 g/mol. The van der Waals surface area contributed by atoms with Crippen molar-refractivity contribution < 1.29 is 13.9 Å². The van der Waals surface area contributed by atoms with E-state index >= 15 is 0 Å². The highest BCUT2D eigenvalue weighted by Crippen LogP contribution is 2.12. The zero-order chi connectivity index (χ0) is 14.4. The quantitative estimate of drug-likeness (QED) is 0.867. The number of anilines is 1. The molecular weight excluding hydrogens is 257 g/mol. The molecule has 100 valence electrons. The predicted molar refractivity (Wildman–Crippen MR) is 74.9 cm³/mol. The van der Waals surface area contributed by atoms with E-state index in [0.29, 0.717) is 17.0 Å². The molecule has 0 bridgehead atoms. The summed E-state index contributed by atoms with van der Waals surface area (Å²) in [5.41, 5.74) is 1.27. The molecular formula is C16H12FNO2. The second-order valence-corrected chi connectivity index (χ2v) is 4.02. The first-order valence-electron chi connectivity index (χ1n) is 5.92. The molecule has 2 aromatic carbocycles. The number of nitrogens with one attached hydrogen (secondary N) is 1. The van der Waals surface area contributed by atoms with Gasteiger partial charge in [-0.05, 0) is 30.3 Å². The van der Waals surface area contributed by atoms with E-state index in [9.17, 15) is 9.18 Å². The van der Waals surface area contributed by atoms with E-state index in [1.54, 1.807) is 30.3 Å². The van der Waals surface area contributed by atoms with Crippen LogP contribution in [-0.2, 0) is 4.79 Å². The van der Waals surface area contributed by atoms with Crippen LogP contribution in [0, 0.1) is 18.2 Å². The predicted octanol–water partition coefficient (Wildman–Crippen LogP) is 2.82. The van der Waals surface area contributed by atoms with Crippen LogP contribution in [0.4, 0.5) is 10.1 Å². The van der Waals surface area contributed by atoms with Crippen LogP contribution in [0.2, 0.25) is 0 Å². The summed E-state index contributed by atoms with van der Waals surface area (Å²) in [6.07, 6.45) is 5.28. The zero-order valence-corrected chi connectivity index (χ0v) is 10.6. The summed E-state index contributed by atoms with van der Waals surface area (Å²) in [6.45, 7) is -0.205. The fraction of sp³-hybridized carbons (Fsp3) is 0.0625. The van der Waals surface area contributed by atoms with Crippen molar-refractivity contribution in [2.45, 2.75) is 0 Å². The average Bonchev–Trinajstić information content (AvgIpc) is 2.45. The second kappa shape index (κ2) is 6.39. The topological polar surface area (TPSA) is 38.3 Å². The van der Waals surface area contributed by atoms with Gasteiger partial charge in [0.05, 0.1) is 0 Å². The summed E-state index contributed by atoms with van der Waals surface area (Å²) in [6, 6.07) is 12.5. The van der Waals surface area contributed by atoms with Gasteiger partial charge < -0.3 is 10.1 Å². The van der Waals surface area contributed by atoms with Gasteiger partial charge in [-0.25, -0.2) is 4.39 Å². The smallest absolute Gasteiger partial charge is 0.262 e. The van der Waals surface area contributed by atoms with Gasteiger partial charge in [0.15, 0.2) is 6.61 Å². The van der Waals surface area contributed by atoms with Crippen LogP contribution >= 0.6 is 0 Å². The minimum absolute atomic E-state index is 0.205. The van der Waals surface area contributed by atoms with Gasteiger partial charge in [0.1, 0.15) is 11.6 Å². The summed E-state index contributed by atoms with van der Waals surface area (Å²) >= 11 is 0. The van der Waals surface area contributed by atoms with Crippen LogP contribution in [-0.4, -0.2) is 12.5 Å². The largest absolute Gasteiger partial charge is 0.484 e. The molecule has 2 rings (SSSR count). The van der Waals surface area contributed by atoms with Gasteiger partial charge in [0.2, 0.25) is 0 Å². The van der Waals surface area contributed by atoms with Crippen LogP contribution in [0.5, 0.6) is 5.75 Å². The minimum Gasteiger partial charge on any atom is -0.484 e. The molecule has 0 fully saturated rings. The molecule has 2 aromatic rings. The lowest BCUT2D eigenvalue weighted by molar-refractivity contribution is -0.118. The number of ether oxygens (including phenoxy) is 1. The zero-order valence-electron chi connectivity index (χ0n) is 10.6. The van der Waals surface area contributed by atoms with E-state index in [-0.39, 0.29) is 12.5 Å². The van der Waals surface area contributed by atoms with Crippen molar-refractivity contribution in [1.82, 2.24) is 0 Å². The van der Waals surface area contributed by atoms with Crippen LogP contribution < -0.4 is 10.1 Å². The molecule has 0 aliphatic carbocycles. The SMILES string of the molecule is C#Cc1cccc(NC(=O)COc2cccc(F)c2)c1. The fourth-order valence-corrected chi connectivity index (χ4v) is 1.59. The monoisotopic (exact) mass is 269 g/mol. The van der Waals surface area contributed by atoms with E-state index in [1.165, 1.54) is 18.2 Å². The van der Waals surface area contributed by atoms with E-state index < -0.39 is 5.82 Å². The molecule has 1 N–H and O–H groups in total. The number of rotatable bonds is 4. The van der Waals surface area contributed by atoms with Gasteiger partial charge in [-0.3, -0.25) is 4.79 Å². The molecule has 0 saturated heterocycles. The lowest BCUT2D eigenvalue weighted by Crippen LogP contribution is -2.20. The number of terminal acetylenes is 1. The van der Waals surface area contributed by atoms with Crippen molar-refractivity contribution in [3.8, 4) is 18.1 Å². The molecule has 0 heterocycles. The summed E-state index contributed by atoms with van der Waals surface area (Å²) in [5.74, 6) is 2.03. The van der Waals surface area contributed by atoms with Gasteiger partial charge in [0.25, 0.3) is 5.91 Å². The third-order valence-electron chi connectivity index (χ3n) is 2.48. The first kappa shape index (κ1) is 13.6. The van der Waals surface area contributed by atoms with Crippen molar-refractivity contribution in [2.24, 2.45) is 0 Å². The van der Waals surface area contributed by atoms with Crippen molar-refractivity contribution in [3.05, 3.63) is 59.9 Å². The Morgan fingerprint density at radius 1 is 1.25 bits per heavy atom. The Bertz CT molecular complexity index is 662. The van der Waals surface area contributed by atoms with Crippen LogP contribution in [0.15, 0.2) is 48.5 Å². The first-order valence-corrected chi connectivity index (χ1v) is 5.92. The third-order valence-corrected chi connectivity index (χ3v) is 2.48. The third kappa shape index (κ3) is 3.85. The number of carbonyl (C=O) groups is 1. The fourth-order valence-electron chi connectivity index (χ4n) is 1.59. The lowest BCUT2D eigenvalue weighted by atomic mass is 10.2. The Labute approximate surface area is 116 Å². The molecule has 0 spiro atoms. The molecule has 0 radical (unpaired) electrons. The van der Waals surface area contributed by atoms with Crippen molar-refractivity contribution in [2.75, 3.05) is 11.9 Å². The van der Waals surface area contributed by atoms with Gasteiger partial charge >= 0.3 is 0 Å². The summed E-state index contributed by atoms with van der Waals surface area (Å²) in [4.78, 5) is 11.7. The Kier molecular flexibility index (Phi) is 4.35. The highest BCUT2D eigenvalue weighted by atomic mass is 19.1. The van der Waals surface area contributed by atoms with Gasteiger partial charge in [-0.1, -0.05) is 18.1 Å². The van der Waals surface area contributed by atoms with E-state index in [2.05, 4.69) is 11.2 Å². The molecule has 0 atom stereocenters. The number of amides is 1. The van der Waals surface area contributed by atoms with Crippen molar-refractivity contribution >= 4 is 11.6 Å². The number of benzene rings is 2. The van der Waals surface area contributed by atoms with E-state index in [4.69, 9.17) is 11.2 Å². The van der Waals surface area contributed by atoms with Crippen LogP contribution in [0.3, 0.4) is 0 Å². The standard InChI is InChI=1S/C16H12FNO2/c1-2-12-5-3-7-14(9-12)18-16(19)11-20-15-8-4-6-13(17)10-15/h1,3-10H,11H2,(H,18,19). The second-order valence-electron chi connectivity index (χ2n) is 4.02.